The Kier molecular flexibility index (Phi) is 8.78. The first-order valence-electron chi connectivity index (χ1n) is 19.6. The zero-order chi connectivity index (χ0) is 38.1. The van der Waals surface area contributed by atoms with E-state index in [4.69, 9.17) is 0 Å². The summed E-state index contributed by atoms with van der Waals surface area (Å²) in [5.41, 5.74) is 17.5. The molecule has 0 radical (unpaired) electrons. The van der Waals surface area contributed by atoms with Gasteiger partial charge >= 0.3 is 0 Å². The second kappa shape index (κ2) is 14.7. The maximum Gasteiger partial charge on any atom is 0.0562 e. The highest BCUT2D eigenvalue weighted by Gasteiger charge is 2.20. The molecule has 57 heavy (non-hydrogen) atoms. The molecule has 0 saturated carbocycles. The number of fused-ring (bicyclic) bond motifs is 3. The molecule has 0 bridgehead atoms. The van der Waals surface area contributed by atoms with Crippen molar-refractivity contribution in [1.82, 2.24) is 4.57 Å². The van der Waals surface area contributed by atoms with Crippen LogP contribution in [0.1, 0.15) is 5.56 Å². The van der Waals surface area contributed by atoms with Crippen molar-refractivity contribution in [3.63, 3.8) is 0 Å². The molecule has 270 valence electrons. The van der Waals surface area contributed by atoms with Crippen molar-refractivity contribution in [2.24, 2.45) is 0 Å². The SMILES string of the molecule is Cc1ccc(-c2ccc(-c3ccccc3)cc2-n2c3ccccc3c3ccc(N(c4ccc(-c5ccccc5)cc4)c4ccc(-c5ccccc5)cc4)cc32)cc1. The fourth-order valence-corrected chi connectivity index (χ4v) is 8.18. The van der Waals surface area contributed by atoms with Crippen LogP contribution in [-0.4, -0.2) is 4.57 Å². The maximum absolute atomic E-state index is 2.48. The van der Waals surface area contributed by atoms with Gasteiger partial charge in [-0.3, -0.25) is 0 Å². The number of hydrogen-bond donors (Lipinski definition) is 0. The number of para-hydroxylation sites is 1. The highest BCUT2D eigenvalue weighted by Crippen LogP contribution is 2.42. The molecule has 2 nitrogen and oxygen atoms in total. The zero-order valence-electron chi connectivity index (χ0n) is 31.8. The molecule has 10 aromatic rings. The van der Waals surface area contributed by atoms with Crippen LogP contribution in [0.5, 0.6) is 0 Å². The van der Waals surface area contributed by atoms with Crippen molar-refractivity contribution in [3.8, 4) is 50.2 Å². The molecule has 0 aliphatic heterocycles. The van der Waals surface area contributed by atoms with Crippen molar-refractivity contribution < 1.29 is 0 Å². The quantitative estimate of drug-likeness (QED) is 0.151. The summed E-state index contributed by atoms with van der Waals surface area (Å²) in [4.78, 5) is 2.38. The average Bonchev–Trinajstić information content (AvgIpc) is 3.61. The number of nitrogens with zero attached hydrogens (tertiary/aromatic N) is 2. The van der Waals surface area contributed by atoms with Gasteiger partial charge in [0.15, 0.2) is 0 Å². The van der Waals surface area contributed by atoms with E-state index in [2.05, 4.69) is 241 Å². The third-order valence-electron chi connectivity index (χ3n) is 11.1. The van der Waals surface area contributed by atoms with Gasteiger partial charge in [-0.2, -0.15) is 0 Å². The van der Waals surface area contributed by atoms with Crippen LogP contribution in [0.3, 0.4) is 0 Å². The summed E-state index contributed by atoms with van der Waals surface area (Å²) in [7, 11) is 0. The van der Waals surface area contributed by atoms with Gasteiger partial charge in [0.1, 0.15) is 0 Å². The van der Waals surface area contributed by atoms with Crippen LogP contribution in [0.15, 0.2) is 224 Å². The highest BCUT2D eigenvalue weighted by molar-refractivity contribution is 6.11. The lowest BCUT2D eigenvalue weighted by Gasteiger charge is -2.26. The third kappa shape index (κ3) is 6.48. The van der Waals surface area contributed by atoms with Crippen LogP contribution in [0.2, 0.25) is 0 Å². The number of rotatable bonds is 8. The van der Waals surface area contributed by atoms with Crippen LogP contribution >= 0.6 is 0 Å². The Morgan fingerprint density at radius 2 is 0.754 bits per heavy atom. The molecule has 0 aliphatic rings. The molecular weight excluding hydrogens is 689 g/mol. The van der Waals surface area contributed by atoms with Crippen LogP contribution in [0.25, 0.3) is 72.0 Å². The summed E-state index contributed by atoms with van der Waals surface area (Å²) in [6, 6.07) is 81.3. The van der Waals surface area contributed by atoms with E-state index in [-0.39, 0.29) is 0 Å². The predicted octanol–water partition coefficient (Wildman–Crippen LogP) is 15.2. The lowest BCUT2D eigenvalue weighted by Crippen LogP contribution is -2.10. The van der Waals surface area contributed by atoms with Gasteiger partial charge in [-0.1, -0.05) is 181 Å². The Labute approximate surface area is 334 Å². The minimum absolute atomic E-state index is 1.09. The Hall–Kier alpha value is -7.42. The predicted molar refractivity (Wildman–Crippen MR) is 242 cm³/mol. The van der Waals surface area contributed by atoms with E-state index >= 15 is 0 Å². The summed E-state index contributed by atoms with van der Waals surface area (Å²) < 4.78 is 2.48. The van der Waals surface area contributed by atoms with E-state index in [1.807, 2.05) is 0 Å². The first-order valence-corrected chi connectivity index (χ1v) is 19.6. The Morgan fingerprint density at radius 3 is 1.33 bits per heavy atom. The van der Waals surface area contributed by atoms with Gasteiger partial charge in [0.25, 0.3) is 0 Å². The fourth-order valence-electron chi connectivity index (χ4n) is 8.18. The number of aromatic nitrogens is 1. The van der Waals surface area contributed by atoms with Gasteiger partial charge in [0.05, 0.1) is 16.7 Å². The largest absolute Gasteiger partial charge is 0.310 e. The Bertz CT molecular complexity index is 2880. The first kappa shape index (κ1) is 34.1. The summed E-state index contributed by atoms with van der Waals surface area (Å²) in [5, 5.41) is 2.44. The summed E-state index contributed by atoms with van der Waals surface area (Å²) in [5.74, 6) is 0. The molecule has 0 spiro atoms. The molecule has 0 saturated heterocycles. The molecule has 0 unspecified atom stereocenters. The fraction of sp³-hybridized carbons (Fsp3) is 0.0182. The van der Waals surface area contributed by atoms with E-state index in [9.17, 15) is 0 Å². The number of anilines is 3. The van der Waals surface area contributed by atoms with Gasteiger partial charge in [-0.25, -0.2) is 0 Å². The normalized spacial score (nSPS) is 11.2. The average molecular weight is 729 g/mol. The highest BCUT2D eigenvalue weighted by atomic mass is 15.1. The number of hydrogen-bond acceptors (Lipinski definition) is 1. The monoisotopic (exact) mass is 728 g/mol. The van der Waals surface area contributed by atoms with Crippen LogP contribution in [0, 0.1) is 6.92 Å². The summed E-state index contributed by atoms with van der Waals surface area (Å²) in [6.07, 6.45) is 0. The molecule has 0 fully saturated rings. The Morgan fingerprint density at radius 1 is 0.316 bits per heavy atom. The zero-order valence-corrected chi connectivity index (χ0v) is 31.8. The Balaban J connectivity index is 1.19. The summed E-state index contributed by atoms with van der Waals surface area (Å²) in [6.45, 7) is 2.15. The van der Waals surface area contributed by atoms with Crippen molar-refractivity contribution in [2.75, 3.05) is 4.90 Å². The topological polar surface area (TPSA) is 8.17 Å². The molecule has 1 heterocycles. The molecule has 0 N–H and O–H groups in total. The van der Waals surface area contributed by atoms with Gasteiger partial charge in [-0.05, 0) is 94.4 Å². The maximum atomic E-state index is 2.48. The molecular formula is C55H40N2. The minimum atomic E-state index is 1.09. The first-order chi connectivity index (χ1) is 28.2. The lowest BCUT2D eigenvalue weighted by atomic mass is 9.97. The molecule has 2 heteroatoms. The van der Waals surface area contributed by atoms with Gasteiger partial charge in [0, 0.05) is 33.4 Å². The van der Waals surface area contributed by atoms with E-state index < -0.39 is 0 Å². The lowest BCUT2D eigenvalue weighted by molar-refractivity contribution is 1.18. The van der Waals surface area contributed by atoms with E-state index in [1.165, 1.54) is 66.4 Å². The summed E-state index contributed by atoms with van der Waals surface area (Å²) >= 11 is 0. The van der Waals surface area contributed by atoms with Crippen molar-refractivity contribution in [3.05, 3.63) is 230 Å². The molecule has 0 amide bonds. The standard InChI is InChI=1S/C55H40N2/c1-39-21-23-45(24-22-39)50-35-29-46(42-17-9-4-10-18-42)37-54(50)57-53-20-12-11-19-51(53)52-36-34-49(38-55(52)57)56(47-30-25-43(26-31-47)40-13-5-2-6-14-40)48-32-27-44(28-33-48)41-15-7-3-8-16-41/h2-38H,1H3. The second-order valence-corrected chi connectivity index (χ2v) is 14.7. The number of benzene rings is 9. The van der Waals surface area contributed by atoms with Crippen molar-refractivity contribution in [1.29, 1.82) is 0 Å². The third-order valence-corrected chi connectivity index (χ3v) is 11.1. The smallest absolute Gasteiger partial charge is 0.0562 e. The molecule has 10 rings (SSSR count). The van der Waals surface area contributed by atoms with Crippen LogP contribution < -0.4 is 4.90 Å². The van der Waals surface area contributed by atoms with Gasteiger partial charge in [-0.15, -0.1) is 0 Å². The minimum Gasteiger partial charge on any atom is -0.310 e. The van der Waals surface area contributed by atoms with Gasteiger partial charge < -0.3 is 9.47 Å². The van der Waals surface area contributed by atoms with E-state index in [1.54, 1.807) is 0 Å². The van der Waals surface area contributed by atoms with E-state index in [0.717, 1.165) is 28.3 Å². The molecule has 9 aromatic carbocycles. The van der Waals surface area contributed by atoms with Gasteiger partial charge in [0.2, 0.25) is 0 Å². The van der Waals surface area contributed by atoms with E-state index in [0.29, 0.717) is 0 Å². The second-order valence-electron chi connectivity index (χ2n) is 14.7. The van der Waals surface area contributed by atoms with Crippen molar-refractivity contribution >= 4 is 38.9 Å². The molecule has 0 aliphatic carbocycles. The van der Waals surface area contributed by atoms with Crippen molar-refractivity contribution in [2.45, 2.75) is 6.92 Å². The molecule has 0 atom stereocenters. The molecule has 1 aromatic heterocycles. The van der Waals surface area contributed by atoms with Crippen LogP contribution in [-0.2, 0) is 0 Å². The van der Waals surface area contributed by atoms with Crippen LogP contribution in [0.4, 0.5) is 17.1 Å². The number of aryl methyl sites for hydroxylation is 1.